The molecular weight excluding hydrogens is 505 g/mol. The predicted molar refractivity (Wildman–Crippen MR) is 121 cm³/mol. The lowest BCUT2D eigenvalue weighted by atomic mass is 10.1. The molecule has 0 unspecified atom stereocenters. The number of halogens is 1. The van der Waals surface area contributed by atoms with Crippen LogP contribution in [0.25, 0.3) is 11.2 Å². The van der Waals surface area contributed by atoms with E-state index in [4.69, 9.17) is 4.74 Å². The van der Waals surface area contributed by atoms with Gasteiger partial charge in [0.25, 0.3) is 0 Å². The van der Waals surface area contributed by atoms with Crippen molar-refractivity contribution in [3.63, 3.8) is 0 Å². The van der Waals surface area contributed by atoms with Gasteiger partial charge in [-0.2, -0.15) is 11.8 Å². The first kappa shape index (κ1) is 20.8. The van der Waals surface area contributed by atoms with Crippen LogP contribution in [0.2, 0.25) is 0 Å². The van der Waals surface area contributed by atoms with Crippen molar-refractivity contribution in [2.45, 2.75) is 38.0 Å². The topological polar surface area (TPSA) is 105 Å². The molecular formula is C19H22IN5O3S. The number of nitrogens with zero attached hydrogens (tertiary/aromatic N) is 4. The van der Waals surface area contributed by atoms with Gasteiger partial charge in [0.05, 0.1) is 12.4 Å². The summed E-state index contributed by atoms with van der Waals surface area (Å²) < 4.78 is 8.78. The maximum Gasteiger partial charge on any atom is 0.167 e. The molecule has 1 aliphatic heterocycles. The highest BCUT2D eigenvalue weighted by Crippen LogP contribution is 2.33. The quantitative estimate of drug-likeness (QED) is 0.403. The largest absolute Gasteiger partial charge is 0.387 e. The SMILES string of the molecule is CCSC[C@H]1O[C@@H](n2cnc3c(NCc4cccc(I)c4)ncnc32)[C@H](O)[C@@H]1O. The number of anilines is 1. The van der Waals surface area contributed by atoms with E-state index in [-0.39, 0.29) is 0 Å². The molecule has 3 heterocycles. The van der Waals surface area contributed by atoms with E-state index < -0.39 is 24.5 Å². The van der Waals surface area contributed by atoms with E-state index >= 15 is 0 Å². The average Bonchev–Trinajstić information content (AvgIpc) is 3.27. The second-order valence-corrected chi connectivity index (χ2v) is 9.30. The number of aliphatic hydroxyl groups is 2. The lowest BCUT2D eigenvalue weighted by Gasteiger charge is -2.16. The normalized spacial score (nSPS) is 24.3. The zero-order valence-corrected chi connectivity index (χ0v) is 18.7. The Kier molecular flexibility index (Phi) is 6.54. The Morgan fingerprint density at radius 3 is 2.90 bits per heavy atom. The van der Waals surface area contributed by atoms with Crippen LogP contribution in [0, 0.1) is 3.57 Å². The maximum absolute atomic E-state index is 10.5. The smallest absolute Gasteiger partial charge is 0.167 e. The molecule has 10 heteroatoms. The van der Waals surface area contributed by atoms with Crippen LogP contribution in [0.4, 0.5) is 5.82 Å². The van der Waals surface area contributed by atoms with E-state index in [1.165, 1.54) is 9.90 Å². The van der Waals surface area contributed by atoms with Gasteiger partial charge in [0.15, 0.2) is 23.2 Å². The van der Waals surface area contributed by atoms with Crippen LogP contribution in [0.3, 0.4) is 0 Å². The van der Waals surface area contributed by atoms with Crippen molar-refractivity contribution < 1.29 is 14.9 Å². The molecule has 4 rings (SSSR count). The van der Waals surface area contributed by atoms with Crippen molar-refractivity contribution in [3.8, 4) is 0 Å². The van der Waals surface area contributed by atoms with Crippen molar-refractivity contribution in [1.29, 1.82) is 0 Å². The first-order chi connectivity index (χ1) is 14.1. The monoisotopic (exact) mass is 527 g/mol. The molecule has 0 amide bonds. The third-order valence-electron chi connectivity index (χ3n) is 4.81. The van der Waals surface area contributed by atoms with Gasteiger partial charge < -0.3 is 20.3 Å². The molecule has 0 saturated carbocycles. The summed E-state index contributed by atoms with van der Waals surface area (Å²) in [4.78, 5) is 13.1. The maximum atomic E-state index is 10.5. The summed E-state index contributed by atoms with van der Waals surface area (Å²) in [5.41, 5.74) is 2.28. The molecule has 3 aromatic rings. The minimum Gasteiger partial charge on any atom is -0.387 e. The van der Waals surface area contributed by atoms with Gasteiger partial charge in [-0.15, -0.1) is 0 Å². The van der Waals surface area contributed by atoms with Crippen molar-refractivity contribution >= 4 is 51.3 Å². The summed E-state index contributed by atoms with van der Waals surface area (Å²) in [5, 5.41) is 24.2. The lowest BCUT2D eigenvalue weighted by Crippen LogP contribution is -2.32. The van der Waals surface area contributed by atoms with Crippen LogP contribution in [0.5, 0.6) is 0 Å². The van der Waals surface area contributed by atoms with Gasteiger partial charge in [0.1, 0.15) is 18.5 Å². The summed E-state index contributed by atoms with van der Waals surface area (Å²) in [6.07, 6.45) is -0.136. The number of hydrogen-bond acceptors (Lipinski definition) is 8. The zero-order chi connectivity index (χ0) is 20.4. The minimum absolute atomic E-state index is 0.433. The highest BCUT2D eigenvalue weighted by Gasteiger charge is 2.44. The van der Waals surface area contributed by atoms with Gasteiger partial charge in [0, 0.05) is 15.9 Å². The highest BCUT2D eigenvalue weighted by molar-refractivity contribution is 14.1. The van der Waals surface area contributed by atoms with E-state index in [2.05, 4.69) is 48.9 Å². The summed E-state index contributed by atoms with van der Waals surface area (Å²) >= 11 is 3.95. The van der Waals surface area contributed by atoms with Crippen LogP contribution in [0.1, 0.15) is 18.7 Å². The fourth-order valence-corrected chi connectivity index (χ4v) is 4.68. The molecule has 29 heavy (non-hydrogen) atoms. The Labute approximate surface area is 186 Å². The molecule has 2 aromatic heterocycles. The number of nitrogens with one attached hydrogen (secondary N) is 1. The number of aliphatic hydroxyl groups excluding tert-OH is 2. The predicted octanol–water partition coefficient (Wildman–Crippen LogP) is 2.42. The van der Waals surface area contributed by atoms with E-state index in [0.29, 0.717) is 29.3 Å². The second-order valence-electron chi connectivity index (χ2n) is 6.74. The molecule has 1 fully saturated rings. The Morgan fingerprint density at radius 1 is 1.24 bits per heavy atom. The number of hydrogen-bond donors (Lipinski definition) is 3. The Bertz CT molecular complexity index is 987. The summed E-state index contributed by atoms with van der Waals surface area (Å²) in [5.74, 6) is 2.15. The summed E-state index contributed by atoms with van der Waals surface area (Å²) in [7, 11) is 0. The number of rotatable bonds is 7. The Morgan fingerprint density at radius 2 is 2.10 bits per heavy atom. The molecule has 154 valence electrons. The molecule has 1 saturated heterocycles. The van der Waals surface area contributed by atoms with Gasteiger partial charge in [-0.05, 0) is 46.0 Å². The molecule has 1 aliphatic rings. The third kappa shape index (κ3) is 4.36. The van der Waals surface area contributed by atoms with Crippen molar-refractivity contribution in [1.82, 2.24) is 19.5 Å². The average molecular weight is 527 g/mol. The van der Waals surface area contributed by atoms with Gasteiger partial charge in [0.2, 0.25) is 0 Å². The first-order valence-electron chi connectivity index (χ1n) is 9.33. The molecule has 0 aliphatic carbocycles. The van der Waals surface area contributed by atoms with Crippen LogP contribution in [-0.4, -0.2) is 59.5 Å². The van der Waals surface area contributed by atoms with Crippen LogP contribution < -0.4 is 5.32 Å². The summed E-state index contributed by atoms with van der Waals surface area (Å²) in [6, 6.07) is 8.20. The van der Waals surface area contributed by atoms with Gasteiger partial charge in [-0.1, -0.05) is 19.1 Å². The zero-order valence-electron chi connectivity index (χ0n) is 15.8. The van der Waals surface area contributed by atoms with Crippen LogP contribution in [-0.2, 0) is 11.3 Å². The Balaban J connectivity index is 1.56. The first-order valence-corrected chi connectivity index (χ1v) is 11.6. The Hall–Kier alpha value is -1.47. The number of benzene rings is 1. The van der Waals surface area contributed by atoms with Crippen LogP contribution in [0.15, 0.2) is 36.9 Å². The molecule has 8 nitrogen and oxygen atoms in total. The molecule has 4 atom stereocenters. The fraction of sp³-hybridized carbons (Fsp3) is 0.421. The van der Waals surface area contributed by atoms with Gasteiger partial charge in [-0.25, -0.2) is 15.0 Å². The number of thioether (sulfide) groups is 1. The number of ether oxygens (including phenoxy) is 1. The standard InChI is InChI=1S/C19H22IN5O3S/c1-2-29-8-13-15(26)16(27)19(28-13)25-10-24-14-17(22-9-23-18(14)25)21-7-11-4-3-5-12(20)6-11/h3-6,9-10,13,15-16,19,26-27H,2,7-8H2,1H3,(H,21,22,23)/t13-,15-,16-,19-/m1/s1. The van der Waals surface area contributed by atoms with Crippen molar-refractivity contribution in [2.24, 2.45) is 0 Å². The molecule has 3 N–H and O–H groups in total. The lowest BCUT2D eigenvalue weighted by molar-refractivity contribution is -0.0288. The summed E-state index contributed by atoms with van der Waals surface area (Å²) in [6.45, 7) is 2.65. The minimum atomic E-state index is -1.05. The van der Waals surface area contributed by atoms with Gasteiger partial charge >= 0.3 is 0 Å². The highest BCUT2D eigenvalue weighted by atomic mass is 127. The van der Waals surface area contributed by atoms with E-state index in [1.807, 2.05) is 25.1 Å². The van der Waals surface area contributed by atoms with E-state index in [0.717, 1.165) is 11.3 Å². The number of fused-ring (bicyclic) bond motifs is 1. The second kappa shape index (κ2) is 9.13. The number of aromatic nitrogens is 4. The molecule has 0 radical (unpaired) electrons. The van der Waals surface area contributed by atoms with Gasteiger partial charge in [-0.3, -0.25) is 4.57 Å². The third-order valence-corrected chi connectivity index (χ3v) is 6.45. The molecule has 0 bridgehead atoms. The molecule has 0 spiro atoms. The van der Waals surface area contributed by atoms with E-state index in [9.17, 15) is 10.2 Å². The van der Waals surface area contributed by atoms with Crippen molar-refractivity contribution in [3.05, 3.63) is 46.1 Å². The fourth-order valence-electron chi connectivity index (χ4n) is 3.33. The van der Waals surface area contributed by atoms with Crippen molar-refractivity contribution in [2.75, 3.05) is 16.8 Å². The molecule has 1 aromatic carbocycles. The van der Waals surface area contributed by atoms with Crippen LogP contribution >= 0.6 is 34.4 Å². The number of imidazole rings is 1. The van der Waals surface area contributed by atoms with E-state index in [1.54, 1.807) is 22.7 Å².